The summed E-state index contributed by atoms with van der Waals surface area (Å²) in [6.07, 6.45) is -3.34. The quantitative estimate of drug-likeness (QED) is 0.742. The minimum absolute atomic E-state index is 0.465. The van der Waals surface area contributed by atoms with Gasteiger partial charge in [-0.05, 0) is 12.0 Å². The molecule has 90 valence electrons. The highest BCUT2D eigenvalue weighted by Crippen LogP contribution is 2.25. The topological polar surface area (TPSA) is 9.23 Å². The molecule has 0 spiro atoms. The Morgan fingerprint density at radius 1 is 1.19 bits per heavy atom. The third kappa shape index (κ3) is 4.66. The molecule has 4 heteroatoms. The van der Waals surface area contributed by atoms with Gasteiger partial charge in [-0.3, -0.25) is 0 Å². The number of hydrogen-bond acceptors (Lipinski definition) is 1. The standard InChI is InChI=1S/C12H15F3O/c1-2-6-11(16-9-12(13,14)15)10-7-4-3-5-8-10/h3-5,7-8,11H,2,6,9H2,1H3. The lowest BCUT2D eigenvalue weighted by molar-refractivity contribution is -0.186. The summed E-state index contributed by atoms with van der Waals surface area (Å²) in [7, 11) is 0. The summed E-state index contributed by atoms with van der Waals surface area (Å²) < 4.78 is 41.0. The van der Waals surface area contributed by atoms with Gasteiger partial charge in [0, 0.05) is 0 Å². The van der Waals surface area contributed by atoms with E-state index in [1.165, 1.54) is 0 Å². The van der Waals surface area contributed by atoms with Crippen LogP contribution in [0.4, 0.5) is 13.2 Å². The highest BCUT2D eigenvalue weighted by molar-refractivity contribution is 5.17. The molecule has 1 unspecified atom stereocenters. The lowest BCUT2D eigenvalue weighted by Crippen LogP contribution is -2.19. The fraction of sp³-hybridized carbons (Fsp3) is 0.500. The second-order valence-corrected chi connectivity index (χ2v) is 3.61. The Morgan fingerprint density at radius 3 is 2.31 bits per heavy atom. The number of alkyl halides is 3. The van der Waals surface area contributed by atoms with Crippen molar-refractivity contribution in [2.45, 2.75) is 32.0 Å². The molecule has 0 heterocycles. The van der Waals surface area contributed by atoms with Crippen molar-refractivity contribution in [3.8, 4) is 0 Å². The Bertz CT molecular complexity index is 295. The molecule has 0 saturated heterocycles. The van der Waals surface area contributed by atoms with E-state index in [2.05, 4.69) is 0 Å². The summed E-state index contributed by atoms with van der Waals surface area (Å²) in [6, 6.07) is 9.01. The van der Waals surface area contributed by atoms with Crippen LogP contribution >= 0.6 is 0 Å². The van der Waals surface area contributed by atoms with Crippen molar-refractivity contribution in [3.05, 3.63) is 35.9 Å². The van der Waals surface area contributed by atoms with Gasteiger partial charge in [-0.1, -0.05) is 43.7 Å². The van der Waals surface area contributed by atoms with Gasteiger partial charge in [0.2, 0.25) is 0 Å². The van der Waals surface area contributed by atoms with Crippen molar-refractivity contribution < 1.29 is 17.9 Å². The number of hydrogen-bond donors (Lipinski definition) is 0. The molecule has 1 atom stereocenters. The van der Waals surface area contributed by atoms with Gasteiger partial charge in [0.15, 0.2) is 0 Å². The molecule has 1 aromatic carbocycles. The van der Waals surface area contributed by atoms with Crippen LogP contribution in [0.25, 0.3) is 0 Å². The fourth-order valence-electron chi connectivity index (χ4n) is 1.47. The van der Waals surface area contributed by atoms with Crippen LogP contribution in [0.15, 0.2) is 30.3 Å². The number of rotatable bonds is 5. The van der Waals surface area contributed by atoms with E-state index in [4.69, 9.17) is 4.74 Å². The van der Waals surface area contributed by atoms with Crippen LogP contribution in [0.5, 0.6) is 0 Å². The zero-order valence-electron chi connectivity index (χ0n) is 9.13. The monoisotopic (exact) mass is 232 g/mol. The number of benzene rings is 1. The van der Waals surface area contributed by atoms with E-state index < -0.39 is 18.9 Å². The smallest absolute Gasteiger partial charge is 0.364 e. The van der Waals surface area contributed by atoms with Crippen molar-refractivity contribution in [3.63, 3.8) is 0 Å². The Hall–Kier alpha value is -1.03. The summed E-state index contributed by atoms with van der Waals surface area (Å²) in [5, 5.41) is 0. The van der Waals surface area contributed by atoms with E-state index in [0.717, 1.165) is 12.0 Å². The van der Waals surface area contributed by atoms with Gasteiger partial charge in [-0.25, -0.2) is 0 Å². The number of halogens is 3. The van der Waals surface area contributed by atoms with E-state index in [0.29, 0.717) is 6.42 Å². The maximum atomic E-state index is 12.0. The Balaban J connectivity index is 2.61. The van der Waals surface area contributed by atoms with Crippen molar-refractivity contribution in [1.82, 2.24) is 0 Å². The SMILES string of the molecule is CCCC(OCC(F)(F)F)c1ccccc1. The summed E-state index contributed by atoms with van der Waals surface area (Å²) >= 11 is 0. The van der Waals surface area contributed by atoms with Crippen LogP contribution in [0.2, 0.25) is 0 Å². The summed E-state index contributed by atoms with van der Waals surface area (Å²) in [5.41, 5.74) is 0.800. The summed E-state index contributed by atoms with van der Waals surface area (Å²) in [6.45, 7) is 0.736. The van der Waals surface area contributed by atoms with E-state index in [9.17, 15) is 13.2 Å². The zero-order valence-corrected chi connectivity index (χ0v) is 9.13. The number of ether oxygens (including phenoxy) is 1. The predicted molar refractivity (Wildman–Crippen MR) is 56.1 cm³/mol. The molecule has 1 rings (SSSR count). The molecule has 16 heavy (non-hydrogen) atoms. The molecular formula is C12H15F3O. The highest BCUT2D eigenvalue weighted by Gasteiger charge is 2.29. The van der Waals surface area contributed by atoms with Crippen LogP contribution in [0, 0.1) is 0 Å². The average molecular weight is 232 g/mol. The molecule has 1 nitrogen and oxygen atoms in total. The predicted octanol–water partition coefficient (Wildman–Crippen LogP) is 4.11. The second-order valence-electron chi connectivity index (χ2n) is 3.61. The largest absolute Gasteiger partial charge is 0.411 e. The van der Waals surface area contributed by atoms with Crippen LogP contribution in [0.1, 0.15) is 31.4 Å². The molecule has 0 aromatic heterocycles. The van der Waals surface area contributed by atoms with Crippen molar-refractivity contribution in [2.75, 3.05) is 6.61 Å². The molecule has 1 aromatic rings. The minimum Gasteiger partial charge on any atom is -0.364 e. The molecule has 0 fully saturated rings. The molecule has 0 saturated carbocycles. The van der Waals surface area contributed by atoms with Gasteiger partial charge < -0.3 is 4.74 Å². The molecule has 0 N–H and O–H groups in total. The van der Waals surface area contributed by atoms with E-state index in [1.807, 2.05) is 13.0 Å². The van der Waals surface area contributed by atoms with Gasteiger partial charge in [-0.2, -0.15) is 13.2 Å². The Morgan fingerprint density at radius 2 is 1.81 bits per heavy atom. The van der Waals surface area contributed by atoms with Crippen LogP contribution in [0.3, 0.4) is 0 Å². The lowest BCUT2D eigenvalue weighted by atomic mass is 10.1. The van der Waals surface area contributed by atoms with Crippen molar-refractivity contribution in [1.29, 1.82) is 0 Å². The second kappa shape index (κ2) is 5.89. The maximum absolute atomic E-state index is 12.0. The molecule has 0 aliphatic rings. The minimum atomic E-state index is -4.26. The van der Waals surface area contributed by atoms with E-state index in [1.54, 1.807) is 24.3 Å². The van der Waals surface area contributed by atoms with Crippen LogP contribution in [-0.2, 0) is 4.74 Å². The molecule has 0 radical (unpaired) electrons. The first-order valence-electron chi connectivity index (χ1n) is 5.26. The van der Waals surface area contributed by atoms with Crippen LogP contribution in [-0.4, -0.2) is 12.8 Å². The van der Waals surface area contributed by atoms with E-state index in [-0.39, 0.29) is 0 Å². The Labute approximate surface area is 93.2 Å². The fourth-order valence-corrected chi connectivity index (χ4v) is 1.47. The van der Waals surface area contributed by atoms with Gasteiger partial charge in [0.1, 0.15) is 6.61 Å². The van der Waals surface area contributed by atoms with Gasteiger partial charge in [0.05, 0.1) is 6.10 Å². The first kappa shape index (κ1) is 13.0. The maximum Gasteiger partial charge on any atom is 0.411 e. The molecule has 0 aliphatic heterocycles. The van der Waals surface area contributed by atoms with Gasteiger partial charge in [-0.15, -0.1) is 0 Å². The molecule has 0 amide bonds. The first-order valence-corrected chi connectivity index (χ1v) is 5.26. The Kier molecular flexibility index (Phi) is 4.80. The van der Waals surface area contributed by atoms with E-state index >= 15 is 0 Å². The van der Waals surface area contributed by atoms with Gasteiger partial charge in [0.25, 0.3) is 0 Å². The molecule has 0 aliphatic carbocycles. The van der Waals surface area contributed by atoms with Gasteiger partial charge >= 0.3 is 6.18 Å². The highest BCUT2D eigenvalue weighted by atomic mass is 19.4. The summed E-state index contributed by atoms with van der Waals surface area (Å²) in [4.78, 5) is 0. The average Bonchev–Trinajstić information content (AvgIpc) is 2.24. The van der Waals surface area contributed by atoms with Crippen molar-refractivity contribution >= 4 is 0 Å². The first-order chi connectivity index (χ1) is 7.53. The molecule has 0 bridgehead atoms. The van der Waals surface area contributed by atoms with Crippen LogP contribution < -0.4 is 0 Å². The lowest BCUT2D eigenvalue weighted by Gasteiger charge is -2.18. The third-order valence-corrected chi connectivity index (χ3v) is 2.17. The zero-order chi connectivity index (χ0) is 12.0. The third-order valence-electron chi connectivity index (χ3n) is 2.17. The normalized spacial score (nSPS) is 13.8. The van der Waals surface area contributed by atoms with Crippen molar-refractivity contribution in [2.24, 2.45) is 0 Å². The molecular weight excluding hydrogens is 217 g/mol. The summed E-state index contributed by atoms with van der Waals surface area (Å²) in [5.74, 6) is 0.